The third-order valence-corrected chi connectivity index (χ3v) is 5.85. The Balaban J connectivity index is 1.74. The Labute approximate surface area is 204 Å². The molecule has 1 fully saturated rings. The molecule has 0 aliphatic carbocycles. The van der Waals surface area contributed by atoms with Crippen LogP contribution in [0, 0.1) is 0 Å². The lowest BCUT2D eigenvalue weighted by Crippen LogP contribution is -2.63. The van der Waals surface area contributed by atoms with Crippen LogP contribution in [0.5, 0.6) is 17.2 Å². The van der Waals surface area contributed by atoms with Gasteiger partial charge in [-0.05, 0) is 31.9 Å². The lowest BCUT2D eigenvalue weighted by atomic mass is 9.72. The average molecular weight is 508 g/mol. The zero-order valence-electron chi connectivity index (χ0n) is 19.3. The largest absolute Gasteiger partial charge is 0.547 e. The van der Waals surface area contributed by atoms with Gasteiger partial charge in [0, 0.05) is 19.6 Å². The Morgan fingerprint density at radius 2 is 1.89 bits per heavy atom. The molecule has 7 N–H and O–H groups in total. The van der Waals surface area contributed by atoms with Gasteiger partial charge in [0.05, 0.1) is 12.0 Å². The predicted octanol–water partition coefficient (Wildman–Crippen LogP) is -2.61. The van der Waals surface area contributed by atoms with E-state index in [2.05, 4.69) is 10.6 Å². The van der Waals surface area contributed by atoms with Gasteiger partial charge in [-0.15, -0.1) is 0 Å². The van der Waals surface area contributed by atoms with Crippen molar-refractivity contribution in [1.29, 1.82) is 0 Å². The number of benzene rings is 1. The molecule has 0 aromatic heterocycles. The van der Waals surface area contributed by atoms with E-state index in [1.807, 2.05) is 0 Å². The number of piperazine rings is 1. The van der Waals surface area contributed by atoms with E-state index >= 15 is 0 Å². The minimum Gasteiger partial charge on any atom is -0.534 e. The molecule has 2 aliphatic heterocycles. The van der Waals surface area contributed by atoms with Crippen LogP contribution in [0.1, 0.15) is 29.8 Å². The van der Waals surface area contributed by atoms with Crippen LogP contribution in [-0.4, -0.2) is 110 Å². The highest BCUT2D eigenvalue weighted by atomic mass is 16.5. The molecule has 5 amide bonds. The highest BCUT2D eigenvalue weighted by Gasteiger charge is 2.42. The smallest absolute Gasteiger partial charge is 0.534 e. The molecule has 2 aliphatic rings. The molecule has 0 spiro atoms. The highest BCUT2D eigenvalue weighted by Crippen LogP contribution is 2.41. The number of hydrogen-bond donors (Lipinski definition) is 7. The molecule has 3 rings (SSSR count). The molecule has 15 nitrogen and oxygen atoms in total. The van der Waals surface area contributed by atoms with E-state index in [0.717, 1.165) is 6.07 Å². The number of hydrogen-bond acceptors (Lipinski definition) is 10. The van der Waals surface area contributed by atoms with Gasteiger partial charge in [-0.1, -0.05) is 0 Å². The summed E-state index contributed by atoms with van der Waals surface area (Å²) in [6.07, 6.45) is -1.71. The fourth-order valence-corrected chi connectivity index (χ4v) is 3.90. The SMILES string of the molecule is CCN1CCN(C(=O)NC(C(=O)N[C@H]2Cc3cc(O)c(O)c(C(=O)O)c3OB2O)C(C)O)C(=O)C1=O. The highest BCUT2D eigenvalue weighted by molar-refractivity contribution is 6.47. The molecule has 1 aromatic carbocycles. The van der Waals surface area contributed by atoms with Crippen LogP contribution in [0.3, 0.4) is 0 Å². The van der Waals surface area contributed by atoms with E-state index in [1.54, 1.807) is 6.92 Å². The van der Waals surface area contributed by atoms with Crippen molar-refractivity contribution in [3.63, 3.8) is 0 Å². The van der Waals surface area contributed by atoms with Crippen molar-refractivity contribution in [3.05, 3.63) is 17.2 Å². The van der Waals surface area contributed by atoms with Gasteiger partial charge in [0.2, 0.25) is 5.91 Å². The Kier molecular flexibility index (Phi) is 7.59. The van der Waals surface area contributed by atoms with Crippen molar-refractivity contribution < 1.29 is 54.1 Å². The minimum absolute atomic E-state index is 0.0498. The number of urea groups is 1. The number of aromatic hydroxyl groups is 2. The maximum absolute atomic E-state index is 12.9. The Bertz CT molecular complexity index is 1110. The Morgan fingerprint density at radius 3 is 2.47 bits per heavy atom. The van der Waals surface area contributed by atoms with Crippen LogP contribution in [0.2, 0.25) is 0 Å². The number of fused-ring (bicyclic) bond motifs is 1. The summed E-state index contributed by atoms with van der Waals surface area (Å²) in [5.41, 5.74) is -0.723. The maximum Gasteiger partial charge on any atom is 0.547 e. The summed E-state index contributed by atoms with van der Waals surface area (Å²) in [7, 11) is -1.80. The topological polar surface area (TPSA) is 226 Å². The van der Waals surface area contributed by atoms with Gasteiger partial charge in [0.25, 0.3) is 0 Å². The summed E-state index contributed by atoms with van der Waals surface area (Å²) in [6, 6.07) is -1.68. The summed E-state index contributed by atoms with van der Waals surface area (Å²) in [5, 5.41) is 53.9. The van der Waals surface area contributed by atoms with Gasteiger partial charge in [0.1, 0.15) is 17.4 Å². The zero-order chi connectivity index (χ0) is 26.9. The number of amides is 5. The fourth-order valence-electron chi connectivity index (χ4n) is 3.90. The number of phenolic OH excluding ortho intramolecular Hbond substituents is 1. The molecule has 194 valence electrons. The molecule has 1 aromatic rings. The lowest BCUT2D eigenvalue weighted by Gasteiger charge is -2.33. The standard InChI is InChI=1S/C20H25BN4O11/c1-3-24-4-5-25(18(31)17(24)30)20(34)23-13(8(2)26)16(29)22-11-7-9-6-10(27)14(28)12(19(32)33)15(9)36-21(11)35/h6,8,11,13,26-28,35H,3-5,7H2,1-2H3,(H,22,29)(H,23,34)(H,32,33)/t8?,11-,13?/m0/s1. The number of nitrogens with one attached hydrogen (secondary N) is 2. The summed E-state index contributed by atoms with van der Waals surface area (Å²) in [5.74, 6) is -7.91. The van der Waals surface area contributed by atoms with Gasteiger partial charge in [-0.25, -0.2) is 9.59 Å². The second-order valence-electron chi connectivity index (χ2n) is 8.25. The Hall–Kier alpha value is -4.05. The number of nitrogens with zero attached hydrogens (tertiary/aromatic N) is 2. The number of aromatic carboxylic acids is 1. The molecular formula is C20H25BN4O11. The second-order valence-corrected chi connectivity index (χ2v) is 8.25. The summed E-state index contributed by atoms with van der Waals surface area (Å²) in [6.45, 7) is 3.12. The lowest BCUT2D eigenvalue weighted by molar-refractivity contribution is -0.153. The molecule has 36 heavy (non-hydrogen) atoms. The van der Waals surface area contributed by atoms with Crippen molar-refractivity contribution in [2.45, 2.75) is 38.4 Å². The molecule has 0 bridgehead atoms. The van der Waals surface area contributed by atoms with Gasteiger partial charge in [-0.2, -0.15) is 0 Å². The molecule has 2 unspecified atom stereocenters. The van der Waals surface area contributed by atoms with Crippen molar-refractivity contribution in [2.75, 3.05) is 19.6 Å². The van der Waals surface area contributed by atoms with Crippen molar-refractivity contribution in [3.8, 4) is 17.2 Å². The molecule has 3 atom stereocenters. The van der Waals surface area contributed by atoms with Crippen molar-refractivity contribution in [2.24, 2.45) is 0 Å². The monoisotopic (exact) mass is 508 g/mol. The van der Waals surface area contributed by atoms with Crippen LogP contribution < -0.4 is 15.3 Å². The number of aliphatic hydroxyl groups excluding tert-OH is 1. The fraction of sp³-hybridized carbons (Fsp3) is 0.450. The Morgan fingerprint density at radius 1 is 1.22 bits per heavy atom. The third-order valence-electron chi connectivity index (χ3n) is 5.85. The van der Waals surface area contributed by atoms with E-state index in [4.69, 9.17) is 4.65 Å². The minimum atomic E-state index is -1.80. The maximum atomic E-state index is 12.9. The van der Waals surface area contributed by atoms with Crippen molar-refractivity contribution >= 4 is 36.8 Å². The third kappa shape index (κ3) is 4.99. The molecule has 0 saturated carbocycles. The molecule has 2 heterocycles. The predicted molar refractivity (Wildman–Crippen MR) is 119 cm³/mol. The van der Waals surface area contributed by atoms with Gasteiger partial charge < -0.3 is 45.6 Å². The van der Waals surface area contributed by atoms with E-state index in [1.165, 1.54) is 11.8 Å². The number of carbonyl (C=O) groups excluding carboxylic acids is 4. The number of rotatable bonds is 6. The first-order valence-corrected chi connectivity index (χ1v) is 10.9. The van der Waals surface area contributed by atoms with Crippen LogP contribution in [0.15, 0.2) is 6.07 Å². The number of carboxylic acid groups (broad SMARTS) is 1. The molecule has 1 saturated heterocycles. The van der Waals surface area contributed by atoms with Crippen LogP contribution >= 0.6 is 0 Å². The van der Waals surface area contributed by atoms with Gasteiger partial charge >= 0.3 is 30.9 Å². The van der Waals surface area contributed by atoms with Crippen LogP contribution in [0.25, 0.3) is 0 Å². The average Bonchev–Trinajstić information content (AvgIpc) is 2.80. The summed E-state index contributed by atoms with van der Waals surface area (Å²) >= 11 is 0. The molecular weight excluding hydrogens is 483 g/mol. The van der Waals surface area contributed by atoms with Gasteiger partial charge in [-0.3, -0.25) is 19.3 Å². The quantitative estimate of drug-likeness (QED) is 0.120. The number of aliphatic hydroxyl groups is 1. The first kappa shape index (κ1) is 26.6. The van der Waals surface area contributed by atoms with Crippen molar-refractivity contribution in [1.82, 2.24) is 20.4 Å². The number of likely N-dealkylation sites (N-methyl/N-ethyl adjacent to an activating group) is 1. The number of carbonyl (C=O) groups is 5. The van der Waals surface area contributed by atoms with Crippen LogP contribution in [0.4, 0.5) is 4.79 Å². The number of phenols is 2. The molecule has 0 radical (unpaired) electrons. The number of imide groups is 1. The summed E-state index contributed by atoms with van der Waals surface area (Å²) < 4.78 is 5.18. The first-order chi connectivity index (χ1) is 16.9. The van der Waals surface area contributed by atoms with Crippen LogP contribution in [-0.2, 0) is 20.8 Å². The van der Waals surface area contributed by atoms with E-state index < -0.39 is 77.7 Å². The molecule has 16 heteroatoms. The summed E-state index contributed by atoms with van der Waals surface area (Å²) in [4.78, 5) is 63.1. The first-order valence-electron chi connectivity index (χ1n) is 10.9. The second kappa shape index (κ2) is 10.3. The zero-order valence-corrected chi connectivity index (χ0v) is 19.3. The van der Waals surface area contributed by atoms with E-state index in [-0.39, 0.29) is 31.6 Å². The van der Waals surface area contributed by atoms with E-state index in [9.17, 15) is 49.4 Å². The normalized spacial score (nSPS) is 19.2. The van der Waals surface area contributed by atoms with E-state index in [0.29, 0.717) is 4.90 Å². The van der Waals surface area contributed by atoms with Gasteiger partial charge in [0.15, 0.2) is 11.5 Å². The number of carboxylic acids is 1.